The molecule has 1 fully saturated rings. The fourth-order valence-electron chi connectivity index (χ4n) is 2.43. The number of halogens is 2. The Balaban J connectivity index is 1.96. The molecule has 0 atom stereocenters. The van der Waals surface area contributed by atoms with E-state index in [2.05, 4.69) is 37.2 Å². The number of carboxylic acid groups (broad SMARTS) is 1. The summed E-state index contributed by atoms with van der Waals surface area (Å²) < 4.78 is 1.72. The van der Waals surface area contributed by atoms with E-state index in [0.29, 0.717) is 25.7 Å². The maximum absolute atomic E-state index is 12.2. The van der Waals surface area contributed by atoms with Crippen molar-refractivity contribution >= 4 is 49.4 Å². The number of anilines is 1. The summed E-state index contributed by atoms with van der Waals surface area (Å²) in [7, 11) is 0. The molecule has 108 valence electrons. The fraction of sp³-hybridized carbons (Fsp3) is 0.429. The lowest BCUT2D eigenvalue weighted by molar-refractivity contribution is -0.143. The number of aliphatic carboxylic acids is 1. The van der Waals surface area contributed by atoms with Crippen LogP contribution in [0, 0.1) is 11.8 Å². The highest BCUT2D eigenvalue weighted by atomic mass is 79.9. The Hall–Kier alpha value is -0.880. The lowest BCUT2D eigenvalue weighted by Gasteiger charge is -2.25. The van der Waals surface area contributed by atoms with E-state index in [-0.39, 0.29) is 17.7 Å². The van der Waals surface area contributed by atoms with Gasteiger partial charge in [-0.2, -0.15) is 0 Å². The smallest absolute Gasteiger partial charge is 0.306 e. The average Bonchev–Trinajstić information content (AvgIpc) is 2.43. The SMILES string of the molecule is O=C(O)C1CCC(C(=O)Nc2cc(Br)ccc2Br)CC1. The van der Waals surface area contributed by atoms with E-state index < -0.39 is 5.97 Å². The highest BCUT2D eigenvalue weighted by Gasteiger charge is 2.29. The second kappa shape index (κ2) is 6.72. The maximum atomic E-state index is 12.2. The summed E-state index contributed by atoms with van der Waals surface area (Å²) in [5.74, 6) is -1.18. The topological polar surface area (TPSA) is 66.4 Å². The molecule has 0 bridgehead atoms. The summed E-state index contributed by atoms with van der Waals surface area (Å²) in [6, 6.07) is 5.59. The van der Waals surface area contributed by atoms with Crippen molar-refractivity contribution in [3.05, 3.63) is 27.1 Å². The van der Waals surface area contributed by atoms with E-state index in [1.54, 1.807) is 0 Å². The normalized spacial score (nSPS) is 22.3. The molecular weight excluding hydrogens is 390 g/mol. The van der Waals surface area contributed by atoms with Gasteiger partial charge in [0.1, 0.15) is 0 Å². The van der Waals surface area contributed by atoms with Crippen molar-refractivity contribution < 1.29 is 14.7 Å². The van der Waals surface area contributed by atoms with Crippen molar-refractivity contribution in [1.82, 2.24) is 0 Å². The van der Waals surface area contributed by atoms with Crippen LogP contribution >= 0.6 is 31.9 Å². The van der Waals surface area contributed by atoms with Crippen molar-refractivity contribution in [3.63, 3.8) is 0 Å². The monoisotopic (exact) mass is 403 g/mol. The van der Waals surface area contributed by atoms with Crippen LogP contribution in [0.3, 0.4) is 0 Å². The predicted molar refractivity (Wildman–Crippen MR) is 83.6 cm³/mol. The molecule has 1 aromatic rings. The van der Waals surface area contributed by atoms with Gasteiger partial charge in [0.25, 0.3) is 0 Å². The molecule has 0 saturated heterocycles. The minimum atomic E-state index is -0.751. The summed E-state index contributed by atoms with van der Waals surface area (Å²) in [5, 5.41) is 11.9. The minimum Gasteiger partial charge on any atom is -0.481 e. The zero-order valence-electron chi connectivity index (χ0n) is 10.7. The third kappa shape index (κ3) is 3.82. The first-order valence-electron chi connectivity index (χ1n) is 6.46. The molecule has 1 aliphatic carbocycles. The molecule has 1 aromatic carbocycles. The van der Waals surface area contributed by atoms with E-state index in [0.717, 1.165) is 14.6 Å². The van der Waals surface area contributed by atoms with Gasteiger partial charge in [0.2, 0.25) is 5.91 Å². The van der Waals surface area contributed by atoms with Crippen LogP contribution in [0.2, 0.25) is 0 Å². The van der Waals surface area contributed by atoms with Crippen LogP contribution in [0.25, 0.3) is 0 Å². The number of rotatable bonds is 3. The minimum absolute atomic E-state index is 0.0346. The van der Waals surface area contributed by atoms with Gasteiger partial charge in [0.15, 0.2) is 0 Å². The molecule has 1 aliphatic rings. The van der Waals surface area contributed by atoms with Gasteiger partial charge in [0.05, 0.1) is 11.6 Å². The molecule has 0 unspecified atom stereocenters. The third-order valence-electron chi connectivity index (χ3n) is 3.63. The zero-order valence-corrected chi connectivity index (χ0v) is 13.9. The Morgan fingerprint density at radius 2 is 1.70 bits per heavy atom. The summed E-state index contributed by atoms with van der Waals surface area (Å²) in [5.41, 5.74) is 0.727. The Kier molecular flexibility index (Phi) is 5.21. The second-order valence-corrected chi connectivity index (χ2v) is 6.77. The highest BCUT2D eigenvalue weighted by molar-refractivity contribution is 9.11. The molecule has 0 heterocycles. The molecule has 0 aromatic heterocycles. The number of benzene rings is 1. The number of carboxylic acids is 1. The van der Waals surface area contributed by atoms with Gasteiger partial charge in [-0.25, -0.2) is 0 Å². The average molecular weight is 405 g/mol. The van der Waals surface area contributed by atoms with Crippen molar-refractivity contribution in [2.75, 3.05) is 5.32 Å². The number of hydrogen-bond donors (Lipinski definition) is 2. The molecule has 6 heteroatoms. The molecule has 2 N–H and O–H groups in total. The first-order chi connectivity index (χ1) is 9.47. The lowest BCUT2D eigenvalue weighted by atomic mass is 9.81. The van der Waals surface area contributed by atoms with E-state index in [4.69, 9.17) is 5.11 Å². The zero-order chi connectivity index (χ0) is 14.7. The predicted octanol–water partition coefficient (Wildman–Crippen LogP) is 4.04. The molecule has 1 saturated carbocycles. The summed E-state index contributed by atoms with van der Waals surface area (Å²) in [4.78, 5) is 23.1. The van der Waals surface area contributed by atoms with Gasteiger partial charge in [0, 0.05) is 14.9 Å². The molecule has 0 spiro atoms. The van der Waals surface area contributed by atoms with Gasteiger partial charge in [-0.15, -0.1) is 0 Å². The van der Waals surface area contributed by atoms with Crippen LogP contribution in [-0.2, 0) is 9.59 Å². The lowest BCUT2D eigenvalue weighted by Crippen LogP contribution is -2.29. The molecule has 0 aliphatic heterocycles. The van der Waals surface area contributed by atoms with Gasteiger partial charge >= 0.3 is 5.97 Å². The second-order valence-electron chi connectivity index (χ2n) is 5.00. The number of carbonyl (C=O) groups excluding carboxylic acids is 1. The third-order valence-corrected chi connectivity index (χ3v) is 4.82. The summed E-state index contributed by atoms with van der Waals surface area (Å²) >= 11 is 6.77. The van der Waals surface area contributed by atoms with E-state index in [9.17, 15) is 9.59 Å². The highest BCUT2D eigenvalue weighted by Crippen LogP contribution is 2.31. The van der Waals surface area contributed by atoms with Gasteiger partial charge < -0.3 is 10.4 Å². The largest absolute Gasteiger partial charge is 0.481 e. The molecule has 4 nitrogen and oxygen atoms in total. The quantitative estimate of drug-likeness (QED) is 0.798. The Morgan fingerprint density at radius 3 is 2.30 bits per heavy atom. The molecular formula is C14H15Br2NO3. The number of amides is 1. The van der Waals surface area contributed by atoms with Crippen LogP contribution in [0.5, 0.6) is 0 Å². The van der Waals surface area contributed by atoms with Crippen LogP contribution in [0.15, 0.2) is 27.1 Å². The first-order valence-corrected chi connectivity index (χ1v) is 8.04. The van der Waals surface area contributed by atoms with Crippen molar-refractivity contribution in [2.45, 2.75) is 25.7 Å². The Morgan fingerprint density at radius 1 is 1.10 bits per heavy atom. The fourth-order valence-corrected chi connectivity index (χ4v) is 3.14. The number of hydrogen-bond acceptors (Lipinski definition) is 2. The van der Waals surface area contributed by atoms with Crippen molar-refractivity contribution in [2.24, 2.45) is 11.8 Å². The van der Waals surface area contributed by atoms with E-state index >= 15 is 0 Å². The van der Waals surface area contributed by atoms with Gasteiger partial charge in [-0.3, -0.25) is 9.59 Å². The Bertz CT molecular complexity index is 525. The van der Waals surface area contributed by atoms with Crippen molar-refractivity contribution in [1.29, 1.82) is 0 Å². The summed E-state index contributed by atoms with van der Waals surface area (Å²) in [6.45, 7) is 0. The number of carbonyl (C=O) groups is 2. The molecule has 0 radical (unpaired) electrons. The molecule has 20 heavy (non-hydrogen) atoms. The Labute approximate surface area is 134 Å². The van der Waals surface area contributed by atoms with Crippen molar-refractivity contribution in [3.8, 4) is 0 Å². The first kappa shape index (κ1) is 15.5. The molecule has 1 amide bonds. The maximum Gasteiger partial charge on any atom is 0.306 e. The number of nitrogens with one attached hydrogen (secondary N) is 1. The van der Waals surface area contributed by atoms with E-state index in [1.165, 1.54) is 0 Å². The van der Waals surface area contributed by atoms with Gasteiger partial charge in [-0.1, -0.05) is 15.9 Å². The van der Waals surface area contributed by atoms with Crippen LogP contribution in [0.4, 0.5) is 5.69 Å². The van der Waals surface area contributed by atoms with Crippen LogP contribution in [-0.4, -0.2) is 17.0 Å². The van der Waals surface area contributed by atoms with Crippen LogP contribution in [0.1, 0.15) is 25.7 Å². The van der Waals surface area contributed by atoms with E-state index in [1.807, 2.05) is 18.2 Å². The van der Waals surface area contributed by atoms with Crippen LogP contribution < -0.4 is 5.32 Å². The molecule has 2 rings (SSSR count). The standard InChI is InChI=1S/C14H15Br2NO3/c15-10-5-6-11(16)12(7-10)17-13(18)8-1-3-9(4-2-8)14(19)20/h5-9H,1-4H2,(H,17,18)(H,19,20). The summed E-state index contributed by atoms with van der Waals surface area (Å²) in [6.07, 6.45) is 2.42. The van der Waals surface area contributed by atoms with Gasteiger partial charge in [-0.05, 0) is 59.8 Å².